The van der Waals surface area contributed by atoms with Gasteiger partial charge in [0.25, 0.3) is 0 Å². The van der Waals surface area contributed by atoms with Gasteiger partial charge in [-0.3, -0.25) is 4.79 Å². The lowest BCUT2D eigenvalue weighted by Crippen LogP contribution is -2.50. The van der Waals surface area contributed by atoms with Crippen LogP contribution in [0.5, 0.6) is 0 Å². The van der Waals surface area contributed by atoms with Crippen molar-refractivity contribution in [2.24, 2.45) is 0 Å². The molecule has 17 heavy (non-hydrogen) atoms. The SMILES string of the molecule is CC(C)(C)NCC(=O)N(CCCO)C1CCC1. The van der Waals surface area contributed by atoms with E-state index in [1.807, 2.05) is 4.90 Å². The van der Waals surface area contributed by atoms with E-state index in [0.717, 1.165) is 12.8 Å². The van der Waals surface area contributed by atoms with Gasteiger partial charge in [0.15, 0.2) is 0 Å². The molecular formula is C13H26N2O2. The molecule has 2 N–H and O–H groups in total. The number of nitrogens with zero attached hydrogens (tertiary/aromatic N) is 1. The predicted octanol–water partition coefficient (Wildman–Crippen LogP) is 1.14. The van der Waals surface area contributed by atoms with Crippen LogP contribution in [0, 0.1) is 0 Å². The van der Waals surface area contributed by atoms with E-state index in [-0.39, 0.29) is 18.1 Å². The summed E-state index contributed by atoms with van der Waals surface area (Å²) in [5.74, 6) is 0.165. The lowest BCUT2D eigenvalue weighted by molar-refractivity contribution is -0.134. The van der Waals surface area contributed by atoms with Crippen molar-refractivity contribution in [3.05, 3.63) is 0 Å². The minimum atomic E-state index is -0.0298. The smallest absolute Gasteiger partial charge is 0.236 e. The maximum absolute atomic E-state index is 12.1. The second-order valence-electron chi connectivity index (χ2n) is 5.85. The van der Waals surface area contributed by atoms with Gasteiger partial charge in [-0.2, -0.15) is 0 Å². The van der Waals surface area contributed by atoms with Crippen LogP contribution in [0.3, 0.4) is 0 Å². The molecule has 0 spiro atoms. The van der Waals surface area contributed by atoms with Crippen molar-refractivity contribution in [2.75, 3.05) is 19.7 Å². The molecule has 4 heteroatoms. The van der Waals surface area contributed by atoms with E-state index in [1.165, 1.54) is 6.42 Å². The third kappa shape index (κ3) is 5.04. The standard InChI is InChI=1S/C13H26N2O2/c1-13(2,3)14-10-12(17)15(8-5-9-16)11-6-4-7-11/h11,14,16H,4-10H2,1-3H3. The van der Waals surface area contributed by atoms with E-state index in [1.54, 1.807) is 0 Å². The van der Waals surface area contributed by atoms with Gasteiger partial charge >= 0.3 is 0 Å². The van der Waals surface area contributed by atoms with Crippen molar-refractivity contribution < 1.29 is 9.90 Å². The van der Waals surface area contributed by atoms with Crippen LogP contribution in [0.1, 0.15) is 46.5 Å². The molecule has 0 radical (unpaired) electrons. The number of aliphatic hydroxyl groups excluding tert-OH is 1. The van der Waals surface area contributed by atoms with E-state index >= 15 is 0 Å². The summed E-state index contributed by atoms with van der Waals surface area (Å²) in [6, 6.07) is 0.413. The Labute approximate surface area is 104 Å². The van der Waals surface area contributed by atoms with Gasteiger partial charge in [0.1, 0.15) is 0 Å². The van der Waals surface area contributed by atoms with Gasteiger partial charge in [-0.05, 0) is 46.5 Å². The maximum atomic E-state index is 12.1. The molecule has 0 saturated heterocycles. The summed E-state index contributed by atoms with van der Waals surface area (Å²) in [4.78, 5) is 14.1. The normalized spacial score (nSPS) is 16.7. The van der Waals surface area contributed by atoms with Crippen molar-refractivity contribution in [1.82, 2.24) is 10.2 Å². The summed E-state index contributed by atoms with van der Waals surface area (Å²) < 4.78 is 0. The number of carbonyl (C=O) groups is 1. The first-order valence-electron chi connectivity index (χ1n) is 6.59. The fraction of sp³-hybridized carbons (Fsp3) is 0.923. The number of nitrogens with one attached hydrogen (secondary N) is 1. The highest BCUT2D eigenvalue weighted by Crippen LogP contribution is 2.24. The Morgan fingerprint density at radius 3 is 2.47 bits per heavy atom. The van der Waals surface area contributed by atoms with Crippen molar-refractivity contribution in [2.45, 2.75) is 58.0 Å². The van der Waals surface area contributed by atoms with Crippen LogP contribution in [-0.4, -0.2) is 47.2 Å². The summed E-state index contributed by atoms with van der Waals surface area (Å²) in [6.45, 7) is 7.41. The molecule has 1 aliphatic carbocycles. The van der Waals surface area contributed by atoms with Crippen molar-refractivity contribution in [3.63, 3.8) is 0 Å². The number of hydrogen-bond donors (Lipinski definition) is 2. The lowest BCUT2D eigenvalue weighted by atomic mass is 9.91. The van der Waals surface area contributed by atoms with Gasteiger partial charge in [-0.15, -0.1) is 0 Å². The minimum Gasteiger partial charge on any atom is -0.396 e. The Kier molecular flexibility index (Phi) is 5.40. The maximum Gasteiger partial charge on any atom is 0.236 e. The summed E-state index contributed by atoms with van der Waals surface area (Å²) in [5, 5.41) is 12.1. The molecule has 0 unspecified atom stereocenters. The summed E-state index contributed by atoms with van der Waals surface area (Å²) >= 11 is 0. The zero-order valence-electron chi connectivity index (χ0n) is 11.3. The lowest BCUT2D eigenvalue weighted by Gasteiger charge is -2.38. The van der Waals surface area contributed by atoms with Crippen LogP contribution in [0.15, 0.2) is 0 Å². The monoisotopic (exact) mass is 242 g/mol. The number of hydrogen-bond acceptors (Lipinski definition) is 3. The molecule has 0 aromatic rings. The molecule has 0 atom stereocenters. The average Bonchev–Trinajstić information content (AvgIpc) is 2.16. The predicted molar refractivity (Wildman–Crippen MR) is 68.8 cm³/mol. The number of rotatable bonds is 6. The van der Waals surface area contributed by atoms with Crippen molar-refractivity contribution >= 4 is 5.91 Å². The van der Waals surface area contributed by atoms with E-state index in [0.29, 0.717) is 25.6 Å². The topological polar surface area (TPSA) is 52.6 Å². The summed E-state index contributed by atoms with van der Waals surface area (Å²) in [5.41, 5.74) is -0.0298. The van der Waals surface area contributed by atoms with Crippen LogP contribution in [0.4, 0.5) is 0 Å². The van der Waals surface area contributed by atoms with Gasteiger partial charge in [-0.25, -0.2) is 0 Å². The molecule has 1 saturated carbocycles. The molecular weight excluding hydrogens is 216 g/mol. The largest absolute Gasteiger partial charge is 0.396 e. The molecule has 0 aromatic carbocycles. The van der Waals surface area contributed by atoms with E-state index in [4.69, 9.17) is 5.11 Å². The Balaban J connectivity index is 2.41. The van der Waals surface area contributed by atoms with Gasteiger partial charge in [0.05, 0.1) is 6.54 Å². The molecule has 1 rings (SSSR count). The molecule has 4 nitrogen and oxygen atoms in total. The first-order valence-corrected chi connectivity index (χ1v) is 6.59. The molecule has 1 amide bonds. The van der Waals surface area contributed by atoms with Gasteiger partial charge < -0.3 is 15.3 Å². The molecule has 1 aliphatic rings. The van der Waals surface area contributed by atoms with E-state index in [2.05, 4.69) is 26.1 Å². The molecule has 1 fully saturated rings. The zero-order chi connectivity index (χ0) is 12.9. The number of amides is 1. The highest BCUT2D eigenvalue weighted by molar-refractivity contribution is 5.78. The first kappa shape index (κ1) is 14.5. The highest BCUT2D eigenvalue weighted by Gasteiger charge is 2.28. The Morgan fingerprint density at radius 1 is 1.41 bits per heavy atom. The zero-order valence-corrected chi connectivity index (χ0v) is 11.3. The molecule has 0 heterocycles. The molecule has 0 bridgehead atoms. The van der Waals surface area contributed by atoms with Crippen LogP contribution < -0.4 is 5.32 Å². The minimum absolute atomic E-state index is 0.0298. The first-order chi connectivity index (χ1) is 7.94. The van der Waals surface area contributed by atoms with Crippen LogP contribution in [0.25, 0.3) is 0 Å². The average molecular weight is 242 g/mol. The highest BCUT2D eigenvalue weighted by atomic mass is 16.3. The summed E-state index contributed by atoms with van der Waals surface area (Å²) in [7, 11) is 0. The fourth-order valence-electron chi connectivity index (χ4n) is 1.89. The molecule has 0 aromatic heterocycles. The van der Waals surface area contributed by atoms with Crippen LogP contribution in [-0.2, 0) is 4.79 Å². The second kappa shape index (κ2) is 6.36. The van der Waals surface area contributed by atoms with Gasteiger partial charge in [0.2, 0.25) is 5.91 Å². The fourth-order valence-corrected chi connectivity index (χ4v) is 1.89. The Bertz CT molecular complexity index is 244. The Hall–Kier alpha value is -0.610. The third-order valence-electron chi connectivity index (χ3n) is 3.16. The number of carbonyl (C=O) groups excluding carboxylic acids is 1. The van der Waals surface area contributed by atoms with Crippen molar-refractivity contribution in [1.29, 1.82) is 0 Å². The van der Waals surface area contributed by atoms with Gasteiger partial charge in [-0.1, -0.05) is 0 Å². The van der Waals surface area contributed by atoms with Crippen molar-refractivity contribution in [3.8, 4) is 0 Å². The van der Waals surface area contributed by atoms with Crippen LogP contribution >= 0.6 is 0 Å². The van der Waals surface area contributed by atoms with Gasteiger partial charge in [0, 0.05) is 24.7 Å². The van der Waals surface area contributed by atoms with E-state index < -0.39 is 0 Å². The van der Waals surface area contributed by atoms with Crippen LogP contribution in [0.2, 0.25) is 0 Å². The quantitative estimate of drug-likeness (QED) is 0.734. The third-order valence-corrected chi connectivity index (χ3v) is 3.16. The second-order valence-corrected chi connectivity index (χ2v) is 5.85. The summed E-state index contributed by atoms with van der Waals surface area (Å²) in [6.07, 6.45) is 4.14. The molecule has 0 aliphatic heterocycles. The van der Waals surface area contributed by atoms with E-state index in [9.17, 15) is 4.79 Å². The number of aliphatic hydroxyl groups is 1. The molecule has 100 valence electrons. The Morgan fingerprint density at radius 2 is 2.06 bits per heavy atom.